The molecule has 1 N–H and O–H groups in total. The van der Waals surface area contributed by atoms with Crippen molar-refractivity contribution in [3.8, 4) is 34.2 Å². The van der Waals surface area contributed by atoms with Gasteiger partial charge in [-0.25, -0.2) is 4.68 Å². The molecule has 3 aromatic carbocycles. The van der Waals surface area contributed by atoms with Gasteiger partial charge in [-0.15, -0.1) is 11.8 Å². The molecule has 0 saturated carbocycles. The molecule has 0 radical (unpaired) electrons. The van der Waals surface area contributed by atoms with Crippen LogP contribution in [0.1, 0.15) is 36.6 Å². The quantitative estimate of drug-likeness (QED) is 0.251. The summed E-state index contributed by atoms with van der Waals surface area (Å²) in [5.41, 5.74) is 3.97. The zero-order valence-corrected chi connectivity index (χ0v) is 25.8. The number of fused-ring (bicyclic) bond motifs is 1. The summed E-state index contributed by atoms with van der Waals surface area (Å²) in [4.78, 5) is 28.8. The first-order valence-corrected chi connectivity index (χ1v) is 15.2. The van der Waals surface area contributed by atoms with Crippen LogP contribution in [0.2, 0.25) is 0 Å². The molecule has 0 fully saturated rings. The van der Waals surface area contributed by atoms with Crippen molar-refractivity contribution < 1.29 is 23.8 Å². The van der Waals surface area contributed by atoms with E-state index in [4.69, 9.17) is 19.3 Å². The number of anilines is 1. The third-order valence-corrected chi connectivity index (χ3v) is 8.73. The lowest BCUT2D eigenvalue weighted by molar-refractivity contribution is -0.123. The first-order chi connectivity index (χ1) is 20.9. The van der Waals surface area contributed by atoms with Crippen LogP contribution in [-0.4, -0.2) is 61.3 Å². The van der Waals surface area contributed by atoms with Crippen LogP contribution in [0.25, 0.3) is 16.9 Å². The van der Waals surface area contributed by atoms with Crippen molar-refractivity contribution in [2.24, 2.45) is 0 Å². The standard InChI is InChI=1S/C33H36N4O5S/c1-6-21(2)34-28(38)19-36-29(39)20-43-32(26-18-25(41-4)16-17-27(26)42-5)30-31(22-10-8-7-9-11-22)35-37(33(30)36)23-12-14-24(40-3)15-13-23/h7-18,21,32H,6,19-20H2,1-5H3,(H,34,38)/t21-,32+/m1/s1. The largest absolute Gasteiger partial charge is 0.497 e. The Balaban J connectivity index is 1.81. The smallest absolute Gasteiger partial charge is 0.240 e. The van der Waals surface area contributed by atoms with Crippen molar-refractivity contribution in [1.29, 1.82) is 0 Å². The number of carbonyl (C=O) groups is 2. The van der Waals surface area contributed by atoms with Gasteiger partial charge >= 0.3 is 0 Å². The molecule has 5 rings (SSSR count). The van der Waals surface area contributed by atoms with Gasteiger partial charge < -0.3 is 19.5 Å². The lowest BCUT2D eigenvalue weighted by Gasteiger charge is -2.24. The molecular formula is C33H36N4O5S. The molecule has 0 saturated heterocycles. The maximum Gasteiger partial charge on any atom is 0.240 e. The second-order valence-corrected chi connectivity index (χ2v) is 11.3. The molecule has 0 unspecified atom stereocenters. The fraction of sp³-hybridized carbons (Fsp3) is 0.303. The topological polar surface area (TPSA) is 94.9 Å². The summed E-state index contributed by atoms with van der Waals surface area (Å²) in [5, 5.41) is 7.79. The molecular weight excluding hydrogens is 564 g/mol. The molecule has 4 aromatic rings. The zero-order valence-electron chi connectivity index (χ0n) is 25.0. The predicted octanol–water partition coefficient (Wildman–Crippen LogP) is 5.65. The van der Waals surface area contributed by atoms with Crippen LogP contribution >= 0.6 is 11.8 Å². The Morgan fingerprint density at radius 1 is 1.00 bits per heavy atom. The normalized spacial score (nSPS) is 15.3. The van der Waals surface area contributed by atoms with Gasteiger partial charge in [-0.1, -0.05) is 37.3 Å². The molecule has 2 atom stereocenters. The van der Waals surface area contributed by atoms with E-state index < -0.39 is 0 Å². The van der Waals surface area contributed by atoms with Gasteiger partial charge in [0.25, 0.3) is 0 Å². The van der Waals surface area contributed by atoms with Gasteiger partial charge in [0.2, 0.25) is 11.8 Å². The molecule has 0 aliphatic carbocycles. The number of hydrogen-bond acceptors (Lipinski definition) is 7. The van der Waals surface area contributed by atoms with Crippen molar-refractivity contribution >= 4 is 29.4 Å². The molecule has 2 heterocycles. The van der Waals surface area contributed by atoms with Crippen LogP contribution < -0.4 is 24.4 Å². The van der Waals surface area contributed by atoms with E-state index in [1.165, 1.54) is 11.8 Å². The minimum absolute atomic E-state index is 0.0244. The highest BCUT2D eigenvalue weighted by atomic mass is 32.2. The Bertz CT molecular complexity index is 1590. The van der Waals surface area contributed by atoms with Crippen molar-refractivity contribution in [2.45, 2.75) is 31.6 Å². The monoisotopic (exact) mass is 600 g/mol. The third kappa shape index (κ3) is 6.19. The number of nitrogens with zero attached hydrogens (tertiary/aromatic N) is 3. The Kier molecular flexibility index (Phi) is 9.25. The van der Waals surface area contributed by atoms with E-state index in [9.17, 15) is 9.59 Å². The number of rotatable bonds is 10. The van der Waals surface area contributed by atoms with E-state index in [2.05, 4.69) is 5.32 Å². The van der Waals surface area contributed by atoms with E-state index in [0.29, 0.717) is 28.8 Å². The van der Waals surface area contributed by atoms with Crippen molar-refractivity contribution in [1.82, 2.24) is 15.1 Å². The molecule has 10 heteroatoms. The maximum absolute atomic E-state index is 14.0. The van der Waals surface area contributed by atoms with Crippen LogP contribution in [0.15, 0.2) is 72.8 Å². The van der Waals surface area contributed by atoms with Crippen LogP contribution in [0.4, 0.5) is 5.82 Å². The lowest BCUT2D eigenvalue weighted by atomic mass is 9.98. The Labute approximate surface area is 256 Å². The summed E-state index contributed by atoms with van der Waals surface area (Å²) >= 11 is 1.48. The summed E-state index contributed by atoms with van der Waals surface area (Å²) in [6.07, 6.45) is 0.778. The maximum atomic E-state index is 14.0. The number of nitrogens with one attached hydrogen (secondary N) is 1. The number of amides is 2. The van der Waals surface area contributed by atoms with Gasteiger partial charge in [0.15, 0.2) is 0 Å². The number of aromatic nitrogens is 2. The summed E-state index contributed by atoms with van der Waals surface area (Å²) in [6, 6.07) is 23.0. The van der Waals surface area contributed by atoms with Crippen LogP contribution in [-0.2, 0) is 9.59 Å². The van der Waals surface area contributed by atoms with Gasteiger partial charge in [-0.05, 0) is 55.8 Å². The van der Waals surface area contributed by atoms with Gasteiger partial charge in [0, 0.05) is 22.7 Å². The van der Waals surface area contributed by atoms with Gasteiger partial charge in [-0.3, -0.25) is 14.5 Å². The van der Waals surface area contributed by atoms with E-state index in [-0.39, 0.29) is 35.4 Å². The van der Waals surface area contributed by atoms with E-state index >= 15 is 0 Å². The Morgan fingerprint density at radius 3 is 2.35 bits per heavy atom. The average molecular weight is 601 g/mol. The highest BCUT2D eigenvalue weighted by Gasteiger charge is 2.39. The second kappa shape index (κ2) is 13.2. The number of thioether (sulfide) groups is 1. The van der Waals surface area contributed by atoms with Gasteiger partial charge in [0.1, 0.15) is 29.6 Å². The van der Waals surface area contributed by atoms with E-state index in [1.807, 2.05) is 86.6 Å². The number of hydrogen-bond donors (Lipinski definition) is 1. The minimum atomic E-state index is -0.367. The van der Waals surface area contributed by atoms with Gasteiger partial charge in [-0.2, -0.15) is 5.10 Å². The number of ether oxygens (including phenoxy) is 3. The SMILES string of the molecule is CC[C@@H](C)NC(=O)CN1C(=O)CS[C@@H](c2cc(OC)ccc2OC)c2c(-c3ccccc3)nn(-c3ccc(OC)cc3)c21. The summed E-state index contributed by atoms with van der Waals surface area (Å²) in [5.74, 6) is 2.28. The highest BCUT2D eigenvalue weighted by molar-refractivity contribution is 8.00. The van der Waals surface area contributed by atoms with Crippen LogP contribution in [0, 0.1) is 0 Å². The molecule has 224 valence electrons. The van der Waals surface area contributed by atoms with Crippen LogP contribution in [0.3, 0.4) is 0 Å². The number of carbonyl (C=O) groups excluding carboxylic acids is 2. The third-order valence-electron chi connectivity index (χ3n) is 7.49. The summed E-state index contributed by atoms with van der Waals surface area (Å²) in [6.45, 7) is 3.81. The zero-order chi connectivity index (χ0) is 30.5. The van der Waals surface area contributed by atoms with Crippen molar-refractivity contribution in [3.05, 3.63) is 83.9 Å². The Hall–Kier alpha value is -4.44. The minimum Gasteiger partial charge on any atom is -0.497 e. The van der Waals surface area contributed by atoms with Crippen LogP contribution in [0.5, 0.6) is 17.2 Å². The molecule has 43 heavy (non-hydrogen) atoms. The molecule has 1 aliphatic rings. The fourth-order valence-corrected chi connectivity index (χ4v) is 6.30. The summed E-state index contributed by atoms with van der Waals surface area (Å²) < 4.78 is 18.6. The predicted molar refractivity (Wildman–Crippen MR) is 170 cm³/mol. The molecule has 1 aliphatic heterocycles. The fourth-order valence-electron chi connectivity index (χ4n) is 5.09. The van der Waals surface area contributed by atoms with Crippen molar-refractivity contribution in [2.75, 3.05) is 38.5 Å². The molecule has 0 bridgehead atoms. The number of benzene rings is 3. The first kappa shape index (κ1) is 30.0. The summed E-state index contributed by atoms with van der Waals surface area (Å²) in [7, 11) is 4.86. The van der Waals surface area contributed by atoms with Crippen molar-refractivity contribution in [3.63, 3.8) is 0 Å². The first-order valence-electron chi connectivity index (χ1n) is 14.1. The molecule has 0 spiro atoms. The van der Waals surface area contributed by atoms with E-state index in [0.717, 1.165) is 28.8 Å². The van der Waals surface area contributed by atoms with Gasteiger partial charge in [0.05, 0.1) is 43.7 Å². The number of methoxy groups -OCH3 is 3. The average Bonchev–Trinajstić information content (AvgIpc) is 3.37. The molecule has 9 nitrogen and oxygen atoms in total. The van der Waals surface area contributed by atoms with E-state index in [1.54, 1.807) is 30.9 Å². The second-order valence-electron chi connectivity index (χ2n) is 10.2. The lowest BCUT2D eigenvalue weighted by Crippen LogP contribution is -2.44. The molecule has 1 aromatic heterocycles. The molecule has 2 amide bonds. The Morgan fingerprint density at radius 2 is 1.70 bits per heavy atom. The highest BCUT2D eigenvalue weighted by Crippen LogP contribution is 2.51.